The minimum absolute atomic E-state index is 0.0711. The summed E-state index contributed by atoms with van der Waals surface area (Å²) < 4.78 is 0. The largest absolute Gasteiger partial charge is 0.357 e. The zero-order chi connectivity index (χ0) is 13.0. The van der Waals surface area contributed by atoms with E-state index in [4.69, 9.17) is 5.73 Å². The summed E-state index contributed by atoms with van der Waals surface area (Å²) in [7, 11) is 0. The number of nitrogens with zero attached hydrogens (tertiary/aromatic N) is 2. The van der Waals surface area contributed by atoms with Crippen LogP contribution in [0.4, 0.5) is 5.82 Å². The van der Waals surface area contributed by atoms with E-state index in [1.54, 1.807) is 0 Å². The van der Waals surface area contributed by atoms with Crippen LogP contribution in [0.2, 0.25) is 0 Å². The van der Waals surface area contributed by atoms with Gasteiger partial charge >= 0.3 is 0 Å². The van der Waals surface area contributed by atoms with Gasteiger partial charge in [0.25, 0.3) is 0 Å². The Balaban J connectivity index is 1.93. The van der Waals surface area contributed by atoms with Gasteiger partial charge in [-0.1, -0.05) is 25.8 Å². The molecule has 18 heavy (non-hydrogen) atoms. The number of aromatic nitrogens is 1. The van der Waals surface area contributed by atoms with Crippen molar-refractivity contribution in [2.45, 2.75) is 45.6 Å². The predicted octanol–water partition coefficient (Wildman–Crippen LogP) is 3.12. The lowest BCUT2D eigenvalue weighted by Gasteiger charge is -2.32. The van der Waals surface area contributed by atoms with Crippen LogP contribution in [0, 0.1) is 5.92 Å². The molecular weight excluding hydrogens is 222 g/mol. The normalized spacial score (nSPS) is 18.9. The first-order valence-electron chi connectivity index (χ1n) is 7.17. The van der Waals surface area contributed by atoms with Crippen LogP contribution in [0.15, 0.2) is 18.3 Å². The fourth-order valence-corrected chi connectivity index (χ4v) is 2.71. The van der Waals surface area contributed by atoms with Crippen LogP contribution in [0.25, 0.3) is 0 Å². The molecule has 1 aromatic heterocycles. The molecular formula is C15H25N3. The maximum Gasteiger partial charge on any atom is 0.128 e. The highest BCUT2D eigenvalue weighted by Gasteiger charge is 2.19. The van der Waals surface area contributed by atoms with Crippen molar-refractivity contribution in [2.24, 2.45) is 11.7 Å². The average Bonchev–Trinajstić information content (AvgIpc) is 2.40. The van der Waals surface area contributed by atoms with Gasteiger partial charge in [-0.25, -0.2) is 4.98 Å². The summed E-state index contributed by atoms with van der Waals surface area (Å²) >= 11 is 0. The van der Waals surface area contributed by atoms with Crippen molar-refractivity contribution in [3.63, 3.8) is 0 Å². The van der Waals surface area contributed by atoms with Crippen molar-refractivity contribution in [2.75, 3.05) is 18.0 Å². The Kier molecular flexibility index (Phi) is 4.59. The molecule has 1 aliphatic heterocycles. The molecule has 2 rings (SSSR count). The zero-order valence-corrected chi connectivity index (χ0v) is 11.6. The highest BCUT2D eigenvalue weighted by molar-refractivity contribution is 5.40. The lowest BCUT2D eigenvalue weighted by Crippen LogP contribution is -2.34. The fraction of sp³-hybridized carbons (Fsp3) is 0.667. The van der Waals surface area contributed by atoms with Crippen LogP contribution >= 0.6 is 0 Å². The van der Waals surface area contributed by atoms with E-state index in [9.17, 15) is 0 Å². The monoisotopic (exact) mass is 247 g/mol. The third-order valence-electron chi connectivity index (χ3n) is 3.93. The summed E-state index contributed by atoms with van der Waals surface area (Å²) in [5, 5.41) is 0. The molecule has 0 aromatic carbocycles. The third-order valence-corrected chi connectivity index (χ3v) is 3.93. The van der Waals surface area contributed by atoms with E-state index in [0.717, 1.165) is 30.4 Å². The SMILES string of the molecule is CCCC1CCN(c2ccc(C(C)N)cn2)CC1. The second-order valence-electron chi connectivity index (χ2n) is 5.46. The van der Waals surface area contributed by atoms with Crippen LogP contribution < -0.4 is 10.6 Å². The summed E-state index contributed by atoms with van der Waals surface area (Å²) in [6.45, 7) is 6.57. The van der Waals surface area contributed by atoms with Gasteiger partial charge in [-0.05, 0) is 37.3 Å². The Labute approximate surface area is 110 Å². The number of nitrogens with two attached hydrogens (primary N) is 1. The van der Waals surface area contributed by atoms with Crippen molar-refractivity contribution in [1.82, 2.24) is 4.98 Å². The Hall–Kier alpha value is -1.09. The predicted molar refractivity (Wildman–Crippen MR) is 76.7 cm³/mol. The molecule has 0 bridgehead atoms. The van der Waals surface area contributed by atoms with Gasteiger partial charge in [0, 0.05) is 25.3 Å². The number of hydrogen-bond acceptors (Lipinski definition) is 3. The Morgan fingerprint density at radius 1 is 1.39 bits per heavy atom. The summed E-state index contributed by atoms with van der Waals surface area (Å²) in [5.41, 5.74) is 6.95. The zero-order valence-electron chi connectivity index (χ0n) is 11.6. The first kappa shape index (κ1) is 13.3. The lowest BCUT2D eigenvalue weighted by atomic mass is 9.92. The second-order valence-corrected chi connectivity index (χ2v) is 5.46. The number of rotatable bonds is 4. The van der Waals surface area contributed by atoms with E-state index in [1.165, 1.54) is 25.7 Å². The Bertz CT molecular complexity index is 351. The van der Waals surface area contributed by atoms with Gasteiger partial charge < -0.3 is 10.6 Å². The van der Waals surface area contributed by atoms with Gasteiger partial charge in [0.1, 0.15) is 5.82 Å². The minimum atomic E-state index is 0.0711. The molecule has 0 saturated carbocycles. The van der Waals surface area contributed by atoms with Crippen LogP contribution in [-0.2, 0) is 0 Å². The minimum Gasteiger partial charge on any atom is -0.357 e. The molecule has 1 fully saturated rings. The first-order chi connectivity index (χ1) is 8.70. The summed E-state index contributed by atoms with van der Waals surface area (Å²) in [6, 6.07) is 4.28. The van der Waals surface area contributed by atoms with Crippen molar-refractivity contribution in [3.05, 3.63) is 23.9 Å². The van der Waals surface area contributed by atoms with Crippen molar-refractivity contribution in [3.8, 4) is 0 Å². The van der Waals surface area contributed by atoms with Gasteiger partial charge in [0.05, 0.1) is 0 Å². The molecule has 100 valence electrons. The van der Waals surface area contributed by atoms with E-state index in [0.29, 0.717) is 0 Å². The summed E-state index contributed by atoms with van der Waals surface area (Å²) in [5.74, 6) is 2.03. The van der Waals surface area contributed by atoms with Crippen LogP contribution in [0.5, 0.6) is 0 Å². The molecule has 0 amide bonds. The molecule has 3 heteroatoms. The van der Waals surface area contributed by atoms with Crippen molar-refractivity contribution >= 4 is 5.82 Å². The van der Waals surface area contributed by atoms with Crippen LogP contribution in [0.1, 0.15) is 51.1 Å². The number of pyridine rings is 1. The Morgan fingerprint density at radius 3 is 2.61 bits per heavy atom. The van der Waals surface area contributed by atoms with Gasteiger partial charge in [0.2, 0.25) is 0 Å². The smallest absolute Gasteiger partial charge is 0.128 e. The van der Waals surface area contributed by atoms with E-state index in [2.05, 4.69) is 28.9 Å². The van der Waals surface area contributed by atoms with Crippen molar-refractivity contribution in [1.29, 1.82) is 0 Å². The quantitative estimate of drug-likeness (QED) is 0.889. The topological polar surface area (TPSA) is 42.1 Å². The molecule has 0 aliphatic carbocycles. The van der Waals surface area contributed by atoms with Crippen LogP contribution in [-0.4, -0.2) is 18.1 Å². The molecule has 1 aliphatic rings. The first-order valence-corrected chi connectivity index (χ1v) is 7.17. The molecule has 0 spiro atoms. The average molecular weight is 247 g/mol. The lowest BCUT2D eigenvalue weighted by molar-refractivity contribution is 0.377. The highest BCUT2D eigenvalue weighted by Crippen LogP contribution is 2.25. The standard InChI is InChI=1S/C15H25N3/c1-3-4-13-7-9-18(10-8-13)15-6-5-14(11-17-15)12(2)16/h5-6,11-13H,3-4,7-10,16H2,1-2H3. The number of piperidine rings is 1. The van der Waals surface area contributed by atoms with E-state index in [1.807, 2.05) is 13.1 Å². The molecule has 0 radical (unpaired) electrons. The van der Waals surface area contributed by atoms with Gasteiger partial charge in [-0.15, -0.1) is 0 Å². The maximum atomic E-state index is 5.84. The van der Waals surface area contributed by atoms with E-state index < -0.39 is 0 Å². The summed E-state index contributed by atoms with van der Waals surface area (Å²) in [6.07, 6.45) is 7.23. The van der Waals surface area contributed by atoms with Gasteiger partial charge in [0.15, 0.2) is 0 Å². The number of anilines is 1. The molecule has 3 nitrogen and oxygen atoms in total. The van der Waals surface area contributed by atoms with Crippen molar-refractivity contribution < 1.29 is 0 Å². The highest BCUT2D eigenvalue weighted by atomic mass is 15.2. The molecule has 2 heterocycles. The Morgan fingerprint density at radius 2 is 2.11 bits per heavy atom. The molecule has 1 unspecified atom stereocenters. The third kappa shape index (κ3) is 3.22. The molecule has 1 saturated heterocycles. The second kappa shape index (κ2) is 6.19. The van der Waals surface area contributed by atoms with Crippen LogP contribution in [0.3, 0.4) is 0 Å². The van der Waals surface area contributed by atoms with E-state index >= 15 is 0 Å². The van der Waals surface area contributed by atoms with E-state index in [-0.39, 0.29) is 6.04 Å². The van der Waals surface area contributed by atoms with Gasteiger partial charge in [-0.3, -0.25) is 0 Å². The molecule has 1 aromatic rings. The molecule has 2 N–H and O–H groups in total. The van der Waals surface area contributed by atoms with Gasteiger partial charge in [-0.2, -0.15) is 0 Å². The number of hydrogen-bond donors (Lipinski definition) is 1. The maximum absolute atomic E-state index is 5.84. The summed E-state index contributed by atoms with van der Waals surface area (Å²) in [4.78, 5) is 6.94. The fourth-order valence-electron chi connectivity index (χ4n) is 2.71. The molecule has 1 atom stereocenters.